The zero-order valence-electron chi connectivity index (χ0n) is 19.3. The lowest BCUT2D eigenvalue weighted by Gasteiger charge is -2.32. The fourth-order valence-electron chi connectivity index (χ4n) is 4.62. The van der Waals surface area contributed by atoms with Crippen molar-refractivity contribution in [1.82, 2.24) is 24.0 Å². The van der Waals surface area contributed by atoms with Crippen molar-refractivity contribution in [3.63, 3.8) is 0 Å². The Balaban J connectivity index is 1.34. The summed E-state index contributed by atoms with van der Waals surface area (Å²) in [6.07, 6.45) is 4.21. The number of anilines is 1. The Morgan fingerprint density at radius 3 is 2.53 bits per heavy atom. The normalized spacial score (nSPS) is 14.2. The van der Waals surface area contributed by atoms with Gasteiger partial charge in [-0.25, -0.2) is 14.6 Å². The molecule has 11 nitrogen and oxygen atoms in total. The Labute approximate surface area is 204 Å². The molecule has 3 aromatic heterocycles. The van der Waals surface area contributed by atoms with E-state index in [0.29, 0.717) is 37.1 Å². The molecule has 0 unspecified atom stereocenters. The molecule has 0 spiro atoms. The van der Waals surface area contributed by atoms with Crippen LogP contribution in [0.1, 0.15) is 18.9 Å². The molecule has 1 aliphatic heterocycles. The number of likely N-dealkylation sites (tertiary alicyclic amines) is 1. The summed E-state index contributed by atoms with van der Waals surface area (Å²) in [6.45, 7) is 0.247. The summed E-state index contributed by atoms with van der Waals surface area (Å²) < 4.78 is 2.76. The molecule has 5 rings (SSSR count). The van der Waals surface area contributed by atoms with Gasteiger partial charge in [0.2, 0.25) is 0 Å². The lowest BCUT2D eigenvalue weighted by Crippen LogP contribution is -2.43. The third-order valence-electron chi connectivity index (χ3n) is 6.35. The maximum absolute atomic E-state index is 13.0. The van der Waals surface area contributed by atoms with E-state index in [1.807, 2.05) is 36.4 Å². The highest BCUT2D eigenvalue weighted by Gasteiger charge is 2.27. The highest BCUT2D eigenvalue weighted by Crippen LogP contribution is 2.25. The van der Waals surface area contributed by atoms with Gasteiger partial charge in [0.15, 0.2) is 5.65 Å². The number of fused-ring (bicyclic) bond motifs is 1. The van der Waals surface area contributed by atoms with E-state index in [1.165, 1.54) is 6.20 Å². The molecule has 3 N–H and O–H groups in total. The minimum absolute atomic E-state index is 0.00338. The fourth-order valence-corrected chi connectivity index (χ4v) is 4.62. The van der Waals surface area contributed by atoms with E-state index in [9.17, 15) is 24.3 Å². The molecule has 1 aromatic carbocycles. The molecule has 1 aliphatic rings. The summed E-state index contributed by atoms with van der Waals surface area (Å²) in [6, 6.07) is 13.8. The monoisotopic (exact) mass is 488 g/mol. The first kappa shape index (κ1) is 23.1. The third-order valence-corrected chi connectivity index (χ3v) is 6.35. The van der Waals surface area contributed by atoms with E-state index >= 15 is 0 Å². The van der Waals surface area contributed by atoms with Gasteiger partial charge in [-0.2, -0.15) is 0 Å². The number of amides is 2. The number of carboxylic acids is 1. The number of rotatable bonds is 5. The third kappa shape index (κ3) is 4.50. The van der Waals surface area contributed by atoms with Crippen LogP contribution in [0.2, 0.25) is 0 Å². The number of carboxylic acid groups (broad SMARTS) is 1. The summed E-state index contributed by atoms with van der Waals surface area (Å²) in [5, 5.41) is 11.9. The summed E-state index contributed by atoms with van der Waals surface area (Å²) in [4.78, 5) is 58.3. The first-order chi connectivity index (χ1) is 17.4. The van der Waals surface area contributed by atoms with Crippen molar-refractivity contribution in [3.8, 4) is 11.1 Å². The minimum atomic E-state index is -1.16. The Bertz CT molecular complexity index is 1550. The minimum Gasteiger partial charge on any atom is -0.480 e. The van der Waals surface area contributed by atoms with Gasteiger partial charge in [-0.1, -0.05) is 30.3 Å². The van der Waals surface area contributed by atoms with E-state index in [2.05, 4.69) is 15.3 Å². The quantitative estimate of drug-likeness (QED) is 0.394. The number of urea groups is 1. The molecule has 36 heavy (non-hydrogen) atoms. The molecule has 11 heteroatoms. The maximum atomic E-state index is 13.0. The van der Waals surface area contributed by atoms with Crippen molar-refractivity contribution in [2.75, 3.05) is 18.4 Å². The van der Waals surface area contributed by atoms with Crippen LogP contribution in [-0.4, -0.2) is 54.2 Å². The number of imidazole rings is 1. The first-order valence-corrected chi connectivity index (χ1v) is 11.5. The summed E-state index contributed by atoms with van der Waals surface area (Å²) in [5.74, 6) is -1.16. The summed E-state index contributed by atoms with van der Waals surface area (Å²) in [7, 11) is 0. The summed E-state index contributed by atoms with van der Waals surface area (Å²) >= 11 is 0. The van der Waals surface area contributed by atoms with Gasteiger partial charge < -0.3 is 19.9 Å². The van der Waals surface area contributed by atoms with Crippen molar-refractivity contribution in [2.45, 2.75) is 25.4 Å². The lowest BCUT2D eigenvalue weighted by molar-refractivity contribution is -0.137. The van der Waals surface area contributed by atoms with Crippen molar-refractivity contribution in [1.29, 1.82) is 0 Å². The molecular formula is C25H24N6O5. The van der Waals surface area contributed by atoms with Gasteiger partial charge in [0.25, 0.3) is 5.56 Å². The van der Waals surface area contributed by atoms with E-state index in [1.54, 1.807) is 27.8 Å². The number of carbonyl (C=O) groups excluding carboxylic acids is 1. The number of hydrogen-bond acceptors (Lipinski definition) is 5. The number of pyridine rings is 2. The molecular weight excluding hydrogens is 464 g/mol. The number of piperidine rings is 1. The molecule has 1 saturated heterocycles. The number of aromatic nitrogens is 4. The first-order valence-electron chi connectivity index (χ1n) is 11.5. The van der Waals surface area contributed by atoms with Gasteiger partial charge in [-0.05, 0) is 36.6 Å². The van der Waals surface area contributed by atoms with Crippen LogP contribution in [0.4, 0.5) is 10.5 Å². The van der Waals surface area contributed by atoms with Crippen molar-refractivity contribution in [2.24, 2.45) is 0 Å². The molecule has 4 aromatic rings. The molecule has 1 fully saturated rings. The Morgan fingerprint density at radius 2 is 1.81 bits per heavy atom. The number of nitrogens with zero attached hydrogens (tertiary/aromatic N) is 4. The van der Waals surface area contributed by atoms with Crippen LogP contribution >= 0.6 is 0 Å². The second-order valence-corrected chi connectivity index (χ2v) is 8.65. The number of benzene rings is 1. The topological polar surface area (TPSA) is 142 Å². The van der Waals surface area contributed by atoms with Gasteiger partial charge in [0.1, 0.15) is 12.2 Å². The molecule has 0 saturated carbocycles. The van der Waals surface area contributed by atoms with E-state index in [4.69, 9.17) is 0 Å². The number of carbonyl (C=O) groups is 2. The second-order valence-electron chi connectivity index (χ2n) is 8.65. The predicted molar refractivity (Wildman–Crippen MR) is 133 cm³/mol. The number of aromatic amines is 1. The van der Waals surface area contributed by atoms with Crippen LogP contribution in [0, 0.1) is 0 Å². The zero-order valence-corrected chi connectivity index (χ0v) is 19.3. The van der Waals surface area contributed by atoms with Crippen LogP contribution < -0.4 is 16.6 Å². The highest BCUT2D eigenvalue weighted by atomic mass is 16.4. The zero-order chi connectivity index (χ0) is 25.2. The molecule has 0 radical (unpaired) electrons. The van der Waals surface area contributed by atoms with Crippen LogP contribution in [0.25, 0.3) is 22.3 Å². The molecule has 2 amide bonds. The number of nitrogens with one attached hydrogen (secondary N) is 2. The fraction of sp³-hybridized carbons (Fsp3) is 0.240. The molecule has 0 atom stereocenters. The number of hydrogen-bond donors (Lipinski definition) is 3. The molecule has 0 aliphatic carbocycles. The average molecular weight is 489 g/mol. The van der Waals surface area contributed by atoms with Gasteiger partial charge >= 0.3 is 17.7 Å². The summed E-state index contributed by atoms with van der Waals surface area (Å²) in [5.41, 5.74) is 1.82. The van der Waals surface area contributed by atoms with Crippen LogP contribution in [0.3, 0.4) is 0 Å². The van der Waals surface area contributed by atoms with Crippen molar-refractivity contribution < 1.29 is 14.7 Å². The van der Waals surface area contributed by atoms with Gasteiger partial charge in [0.05, 0.1) is 5.52 Å². The standard InChI is InChI=1S/C25H24N6O5/c32-21(33)15-30-14-17(16-5-2-1-3-6-16)13-19(23(30)34)27-24(35)29-11-8-18(9-12-29)31-20-7-4-10-26-22(20)28-25(31)36/h1-7,10,13-14,18H,8-9,11-12,15H2,(H,27,35)(H,32,33)(H,26,28,36). The van der Waals surface area contributed by atoms with Crippen LogP contribution in [-0.2, 0) is 11.3 Å². The smallest absolute Gasteiger partial charge is 0.327 e. The van der Waals surface area contributed by atoms with E-state index in [0.717, 1.165) is 15.6 Å². The largest absolute Gasteiger partial charge is 0.480 e. The lowest BCUT2D eigenvalue weighted by atomic mass is 10.0. The molecule has 4 heterocycles. The Kier molecular flexibility index (Phi) is 6.11. The maximum Gasteiger partial charge on any atom is 0.327 e. The van der Waals surface area contributed by atoms with Gasteiger partial charge in [-0.15, -0.1) is 0 Å². The Hall–Kier alpha value is -4.67. The van der Waals surface area contributed by atoms with Crippen LogP contribution in [0.15, 0.2) is 70.5 Å². The SMILES string of the molecule is O=C(O)Cn1cc(-c2ccccc2)cc(NC(=O)N2CCC(n3c(=O)[nH]c4ncccc43)CC2)c1=O. The van der Waals surface area contributed by atoms with Gasteiger partial charge in [0, 0.05) is 37.1 Å². The number of H-pyrrole nitrogens is 1. The van der Waals surface area contributed by atoms with E-state index in [-0.39, 0.29) is 17.4 Å². The average Bonchev–Trinajstić information content (AvgIpc) is 3.22. The second kappa shape index (κ2) is 9.53. The predicted octanol–water partition coefficient (Wildman–Crippen LogP) is 2.51. The highest BCUT2D eigenvalue weighted by molar-refractivity contribution is 5.90. The van der Waals surface area contributed by atoms with E-state index < -0.39 is 24.1 Å². The number of aliphatic carboxylic acids is 1. The molecule has 184 valence electrons. The van der Waals surface area contributed by atoms with Crippen LogP contribution in [0.5, 0.6) is 0 Å². The molecule has 0 bridgehead atoms. The van der Waals surface area contributed by atoms with Crippen molar-refractivity contribution in [3.05, 3.63) is 81.8 Å². The van der Waals surface area contributed by atoms with Gasteiger partial charge in [-0.3, -0.25) is 19.1 Å². The Morgan fingerprint density at radius 1 is 1.06 bits per heavy atom. The van der Waals surface area contributed by atoms with Crippen molar-refractivity contribution >= 4 is 28.9 Å².